The van der Waals surface area contributed by atoms with Crippen LogP contribution >= 0.6 is 11.3 Å². The van der Waals surface area contributed by atoms with E-state index >= 15 is 0 Å². The Morgan fingerprint density at radius 2 is 1.92 bits per heavy atom. The predicted molar refractivity (Wildman–Crippen MR) is 101 cm³/mol. The Balaban J connectivity index is 1.68. The summed E-state index contributed by atoms with van der Waals surface area (Å²) in [6, 6.07) is 12.2. The van der Waals surface area contributed by atoms with Gasteiger partial charge in [-0.25, -0.2) is 9.18 Å². The fourth-order valence-corrected chi connectivity index (χ4v) is 3.90. The molecule has 0 atom stereocenters. The van der Waals surface area contributed by atoms with E-state index < -0.39 is 18.5 Å². The third-order valence-electron chi connectivity index (χ3n) is 4.10. The van der Waals surface area contributed by atoms with Crippen molar-refractivity contribution >= 4 is 39.0 Å². The molecule has 0 radical (unpaired) electrons. The maximum absolute atomic E-state index is 13.9. The van der Waals surface area contributed by atoms with Crippen LogP contribution in [0.5, 0.6) is 0 Å². The smallest absolute Gasteiger partial charge is 0.349 e. The molecule has 0 fully saturated rings. The normalized spacial score (nSPS) is 10.7. The lowest BCUT2D eigenvalue weighted by Crippen LogP contribution is -2.21. The van der Waals surface area contributed by atoms with Gasteiger partial charge in [-0.15, -0.1) is 11.3 Å². The van der Waals surface area contributed by atoms with E-state index in [1.807, 2.05) is 25.1 Å². The maximum Gasteiger partial charge on any atom is 0.349 e. The summed E-state index contributed by atoms with van der Waals surface area (Å²) in [6.07, 6.45) is 0.781. The van der Waals surface area contributed by atoms with Crippen molar-refractivity contribution in [2.24, 2.45) is 0 Å². The Bertz CT molecular complexity index is 980. The number of anilines is 1. The van der Waals surface area contributed by atoms with Crippen LogP contribution in [0.4, 0.5) is 10.1 Å². The zero-order chi connectivity index (χ0) is 18.7. The summed E-state index contributed by atoms with van der Waals surface area (Å²) in [6.45, 7) is 3.28. The molecule has 0 spiro atoms. The van der Waals surface area contributed by atoms with Gasteiger partial charge in [0.1, 0.15) is 10.7 Å². The van der Waals surface area contributed by atoms with Gasteiger partial charge in [-0.05, 0) is 42.7 Å². The minimum absolute atomic E-state index is 0.312. The second kappa shape index (κ2) is 7.66. The van der Waals surface area contributed by atoms with Crippen LogP contribution in [0.1, 0.15) is 27.7 Å². The number of ether oxygens (including phenoxy) is 1. The number of benzene rings is 2. The van der Waals surface area contributed by atoms with Gasteiger partial charge in [-0.3, -0.25) is 4.79 Å². The highest BCUT2D eigenvalue weighted by atomic mass is 32.1. The van der Waals surface area contributed by atoms with Crippen LogP contribution in [-0.2, 0) is 16.0 Å². The van der Waals surface area contributed by atoms with Crippen LogP contribution in [0, 0.1) is 12.7 Å². The van der Waals surface area contributed by atoms with E-state index in [2.05, 4.69) is 5.32 Å². The predicted octanol–water partition coefficient (Wildman–Crippen LogP) is 4.71. The molecule has 6 heteroatoms. The van der Waals surface area contributed by atoms with E-state index in [1.54, 1.807) is 25.1 Å². The summed E-state index contributed by atoms with van der Waals surface area (Å²) >= 11 is 1.16. The number of hydrogen-bond acceptors (Lipinski definition) is 4. The van der Waals surface area contributed by atoms with Crippen LogP contribution < -0.4 is 5.32 Å². The van der Waals surface area contributed by atoms with E-state index in [4.69, 9.17) is 4.74 Å². The zero-order valence-corrected chi connectivity index (χ0v) is 15.3. The van der Waals surface area contributed by atoms with Crippen molar-refractivity contribution in [3.05, 3.63) is 64.3 Å². The number of rotatable bonds is 5. The van der Waals surface area contributed by atoms with Gasteiger partial charge in [0.2, 0.25) is 0 Å². The Hall–Kier alpha value is -2.73. The minimum atomic E-state index is -0.623. The molecule has 0 saturated heterocycles. The first-order valence-electron chi connectivity index (χ1n) is 8.23. The third kappa shape index (κ3) is 3.60. The van der Waals surface area contributed by atoms with Crippen molar-refractivity contribution in [3.63, 3.8) is 0 Å². The average Bonchev–Trinajstić information content (AvgIpc) is 2.98. The molecule has 26 heavy (non-hydrogen) atoms. The first kappa shape index (κ1) is 18.1. The van der Waals surface area contributed by atoms with Crippen molar-refractivity contribution in [2.45, 2.75) is 20.3 Å². The molecule has 134 valence electrons. The molecule has 1 amide bonds. The number of amides is 1. The summed E-state index contributed by atoms with van der Waals surface area (Å²) in [5, 5.41) is 3.17. The first-order valence-corrected chi connectivity index (χ1v) is 9.05. The van der Waals surface area contributed by atoms with Crippen molar-refractivity contribution < 1.29 is 18.7 Å². The number of hydrogen-bond donors (Lipinski definition) is 1. The van der Waals surface area contributed by atoms with E-state index in [1.165, 1.54) is 6.07 Å². The van der Waals surface area contributed by atoms with Gasteiger partial charge >= 0.3 is 5.97 Å². The number of carbonyl (C=O) groups is 2. The van der Waals surface area contributed by atoms with E-state index in [9.17, 15) is 14.0 Å². The van der Waals surface area contributed by atoms with Gasteiger partial charge in [-0.2, -0.15) is 0 Å². The number of nitrogens with one attached hydrogen (secondary N) is 1. The van der Waals surface area contributed by atoms with Crippen LogP contribution in [0.3, 0.4) is 0 Å². The molecule has 0 aliphatic rings. The minimum Gasteiger partial charge on any atom is -0.451 e. The fourth-order valence-electron chi connectivity index (χ4n) is 2.78. The number of para-hydroxylation sites is 1. The van der Waals surface area contributed by atoms with Gasteiger partial charge in [-0.1, -0.05) is 31.2 Å². The van der Waals surface area contributed by atoms with Gasteiger partial charge in [0.05, 0.1) is 0 Å². The van der Waals surface area contributed by atoms with Crippen LogP contribution in [-0.4, -0.2) is 18.5 Å². The lowest BCUT2D eigenvalue weighted by atomic mass is 10.1. The molecule has 0 unspecified atom stereocenters. The van der Waals surface area contributed by atoms with Gasteiger partial charge < -0.3 is 10.1 Å². The van der Waals surface area contributed by atoms with Crippen molar-refractivity contribution in [2.75, 3.05) is 11.9 Å². The molecule has 0 saturated carbocycles. The van der Waals surface area contributed by atoms with Crippen LogP contribution in [0.2, 0.25) is 0 Å². The molecular formula is C20H18FNO3S. The highest BCUT2D eigenvalue weighted by molar-refractivity contribution is 7.21. The second-order valence-corrected chi connectivity index (χ2v) is 6.86. The lowest BCUT2D eigenvalue weighted by molar-refractivity contribution is -0.119. The van der Waals surface area contributed by atoms with Crippen molar-refractivity contribution in [3.8, 4) is 0 Å². The summed E-state index contributed by atoms with van der Waals surface area (Å²) in [7, 11) is 0. The average molecular weight is 371 g/mol. The SMILES string of the molecule is CCc1ccccc1NC(=O)COC(=O)c1sc2cccc(F)c2c1C. The number of aryl methyl sites for hydroxylation is 2. The van der Waals surface area contributed by atoms with Crippen LogP contribution in [0.15, 0.2) is 42.5 Å². The molecule has 0 bridgehead atoms. The lowest BCUT2D eigenvalue weighted by Gasteiger charge is -2.10. The molecular weight excluding hydrogens is 353 g/mol. The maximum atomic E-state index is 13.9. The van der Waals surface area contributed by atoms with Gasteiger partial charge in [0.25, 0.3) is 5.91 Å². The number of thiophene rings is 1. The number of fused-ring (bicyclic) bond motifs is 1. The molecule has 0 aliphatic carbocycles. The molecule has 2 aromatic carbocycles. The molecule has 1 N–H and O–H groups in total. The third-order valence-corrected chi connectivity index (χ3v) is 5.33. The molecule has 3 aromatic rings. The largest absolute Gasteiger partial charge is 0.451 e. The topological polar surface area (TPSA) is 55.4 Å². The first-order chi connectivity index (χ1) is 12.5. The van der Waals surface area contributed by atoms with Gasteiger partial charge in [0.15, 0.2) is 6.61 Å². The quantitative estimate of drug-likeness (QED) is 0.661. The highest BCUT2D eigenvalue weighted by Gasteiger charge is 2.20. The Morgan fingerprint density at radius 3 is 2.65 bits per heavy atom. The summed E-state index contributed by atoms with van der Waals surface area (Å²) in [5.41, 5.74) is 2.24. The molecule has 3 rings (SSSR count). The number of carbonyl (C=O) groups excluding carboxylic acids is 2. The van der Waals surface area contributed by atoms with E-state index in [-0.39, 0.29) is 5.82 Å². The molecule has 0 aliphatic heterocycles. The van der Waals surface area contributed by atoms with Crippen LogP contribution in [0.25, 0.3) is 10.1 Å². The Morgan fingerprint density at radius 1 is 1.15 bits per heavy atom. The standard InChI is InChI=1S/C20H18FNO3S/c1-3-13-7-4-5-9-15(13)22-17(23)11-25-20(24)19-12(2)18-14(21)8-6-10-16(18)26-19/h4-10H,3,11H2,1-2H3,(H,22,23). The molecule has 1 aromatic heterocycles. The number of esters is 1. The molecule has 1 heterocycles. The Kier molecular flexibility index (Phi) is 5.32. The monoisotopic (exact) mass is 371 g/mol. The van der Waals surface area contributed by atoms with Crippen molar-refractivity contribution in [1.82, 2.24) is 0 Å². The van der Waals surface area contributed by atoms with Gasteiger partial charge in [0, 0.05) is 15.8 Å². The van der Waals surface area contributed by atoms with Crippen molar-refractivity contribution in [1.29, 1.82) is 0 Å². The summed E-state index contributed by atoms with van der Waals surface area (Å²) < 4.78 is 19.7. The summed E-state index contributed by atoms with van der Waals surface area (Å²) in [5.74, 6) is -1.41. The number of halogens is 1. The Labute approximate surface area is 154 Å². The second-order valence-electron chi connectivity index (χ2n) is 5.80. The zero-order valence-electron chi connectivity index (χ0n) is 14.5. The highest BCUT2D eigenvalue weighted by Crippen LogP contribution is 2.32. The molecule has 4 nitrogen and oxygen atoms in total. The fraction of sp³-hybridized carbons (Fsp3) is 0.200. The van der Waals surface area contributed by atoms with E-state index in [0.717, 1.165) is 23.3 Å². The van der Waals surface area contributed by atoms with E-state index in [0.29, 0.717) is 26.2 Å². The summed E-state index contributed by atoms with van der Waals surface area (Å²) in [4.78, 5) is 24.7.